The van der Waals surface area contributed by atoms with Gasteiger partial charge in [0, 0.05) is 5.56 Å². The average Bonchev–Trinajstić information content (AvgIpc) is 3.09. The maximum Gasteiger partial charge on any atom is 0.501 e. The topological polar surface area (TPSA) is 118 Å². The SMILES string of the molecule is CC(C#N)(Cn1nc2ccccc2n1)NC(=O)c1ccc(S(=O)(=O)C(F)(F)F)cc1. The summed E-state index contributed by atoms with van der Waals surface area (Å²) in [5, 5.41) is 20.4. The van der Waals surface area contributed by atoms with Crippen LogP contribution in [0.1, 0.15) is 17.3 Å². The van der Waals surface area contributed by atoms with Gasteiger partial charge in [0.05, 0.1) is 17.5 Å². The molecule has 0 aliphatic carbocycles. The van der Waals surface area contributed by atoms with E-state index in [9.17, 15) is 31.6 Å². The molecule has 0 saturated carbocycles. The van der Waals surface area contributed by atoms with Crippen LogP contribution in [0.5, 0.6) is 0 Å². The van der Waals surface area contributed by atoms with E-state index in [0.717, 1.165) is 12.1 Å². The predicted octanol–water partition coefficient (Wildman–Crippen LogP) is 2.44. The average molecular weight is 437 g/mol. The molecule has 2 aromatic carbocycles. The molecule has 0 radical (unpaired) electrons. The Balaban J connectivity index is 1.78. The second-order valence-corrected chi connectivity index (χ2v) is 8.53. The summed E-state index contributed by atoms with van der Waals surface area (Å²) in [6, 6.07) is 12.2. The van der Waals surface area contributed by atoms with Crippen molar-refractivity contribution < 1.29 is 26.4 Å². The van der Waals surface area contributed by atoms with Gasteiger partial charge >= 0.3 is 5.51 Å². The van der Waals surface area contributed by atoms with Crippen molar-refractivity contribution >= 4 is 26.8 Å². The molecule has 0 aliphatic rings. The van der Waals surface area contributed by atoms with Gasteiger partial charge in [-0.25, -0.2) is 8.42 Å². The Bertz CT molecular complexity index is 1210. The van der Waals surface area contributed by atoms with E-state index in [1.807, 2.05) is 6.07 Å². The van der Waals surface area contributed by atoms with Gasteiger partial charge in [-0.15, -0.1) is 0 Å². The van der Waals surface area contributed by atoms with E-state index in [-0.39, 0.29) is 12.1 Å². The molecule has 0 spiro atoms. The van der Waals surface area contributed by atoms with Crippen LogP contribution in [0.4, 0.5) is 13.2 Å². The molecule has 30 heavy (non-hydrogen) atoms. The molecule has 0 bridgehead atoms. The van der Waals surface area contributed by atoms with E-state index in [4.69, 9.17) is 0 Å². The first-order valence-corrected chi connectivity index (χ1v) is 9.89. The molecular formula is C18H14F3N5O3S. The quantitative estimate of drug-likeness (QED) is 0.655. The number of carbonyl (C=O) groups excluding carboxylic acids is 1. The van der Waals surface area contributed by atoms with Crippen LogP contribution in [-0.4, -0.2) is 40.4 Å². The van der Waals surface area contributed by atoms with Crippen LogP contribution in [0.3, 0.4) is 0 Å². The van der Waals surface area contributed by atoms with Gasteiger partial charge in [-0.3, -0.25) is 4.79 Å². The molecule has 0 fully saturated rings. The van der Waals surface area contributed by atoms with Crippen LogP contribution in [-0.2, 0) is 16.4 Å². The zero-order valence-electron chi connectivity index (χ0n) is 15.4. The summed E-state index contributed by atoms with van der Waals surface area (Å²) in [5.41, 5.74) is -5.80. The fraction of sp³-hybridized carbons (Fsp3) is 0.222. The van der Waals surface area contributed by atoms with E-state index in [0.29, 0.717) is 23.2 Å². The number of amides is 1. The van der Waals surface area contributed by atoms with Crippen molar-refractivity contribution in [2.24, 2.45) is 0 Å². The number of aromatic nitrogens is 3. The predicted molar refractivity (Wildman–Crippen MR) is 98.7 cm³/mol. The fourth-order valence-electron chi connectivity index (χ4n) is 2.60. The second kappa shape index (κ2) is 7.42. The van der Waals surface area contributed by atoms with Crippen molar-refractivity contribution in [2.75, 3.05) is 0 Å². The molecule has 1 amide bonds. The standard InChI is InChI=1S/C18H14F3N5O3S/c1-17(10-22,11-26-24-14-4-2-3-5-15(14)25-26)23-16(27)12-6-8-13(9-7-12)30(28,29)18(19,20)21/h2-9H,11H2,1H3,(H,23,27). The van der Waals surface area contributed by atoms with Crippen molar-refractivity contribution in [3.63, 3.8) is 0 Å². The highest BCUT2D eigenvalue weighted by Crippen LogP contribution is 2.30. The lowest BCUT2D eigenvalue weighted by Gasteiger charge is -2.22. The number of fused-ring (bicyclic) bond motifs is 1. The number of hydrogen-bond acceptors (Lipinski definition) is 6. The molecule has 1 aromatic heterocycles. The first-order chi connectivity index (χ1) is 13.9. The number of benzene rings is 2. The molecule has 1 unspecified atom stereocenters. The second-order valence-electron chi connectivity index (χ2n) is 6.59. The summed E-state index contributed by atoms with van der Waals surface area (Å²) in [6.45, 7) is 1.34. The summed E-state index contributed by atoms with van der Waals surface area (Å²) < 4.78 is 60.6. The first-order valence-electron chi connectivity index (χ1n) is 8.40. The van der Waals surface area contributed by atoms with E-state index >= 15 is 0 Å². The Labute approximate surface area is 168 Å². The van der Waals surface area contributed by atoms with Crippen LogP contribution in [0.2, 0.25) is 0 Å². The van der Waals surface area contributed by atoms with E-state index in [1.54, 1.807) is 24.3 Å². The number of hydrogen-bond donors (Lipinski definition) is 1. The number of nitrogens with one attached hydrogen (secondary N) is 1. The van der Waals surface area contributed by atoms with Crippen molar-refractivity contribution in [1.29, 1.82) is 5.26 Å². The molecule has 1 atom stereocenters. The zero-order chi connectivity index (χ0) is 22.2. The monoisotopic (exact) mass is 437 g/mol. The van der Waals surface area contributed by atoms with E-state index < -0.39 is 31.7 Å². The summed E-state index contributed by atoms with van der Waals surface area (Å²) in [7, 11) is -5.52. The van der Waals surface area contributed by atoms with E-state index in [1.165, 1.54) is 11.7 Å². The molecule has 12 heteroatoms. The molecule has 3 aromatic rings. The maximum absolute atomic E-state index is 12.6. The van der Waals surface area contributed by atoms with Gasteiger partial charge in [-0.05, 0) is 43.3 Å². The van der Waals surface area contributed by atoms with Crippen molar-refractivity contribution in [3.05, 3.63) is 54.1 Å². The molecule has 156 valence electrons. The largest absolute Gasteiger partial charge is 0.501 e. The zero-order valence-corrected chi connectivity index (χ0v) is 16.2. The number of nitriles is 1. The molecular weight excluding hydrogens is 423 g/mol. The normalized spacial score (nSPS) is 14.1. The molecule has 3 rings (SSSR count). The number of alkyl halides is 3. The number of carbonyl (C=O) groups is 1. The van der Waals surface area contributed by atoms with Gasteiger partial charge in [0.15, 0.2) is 0 Å². The van der Waals surface area contributed by atoms with Crippen molar-refractivity contribution in [3.8, 4) is 6.07 Å². The van der Waals surface area contributed by atoms with Crippen LogP contribution >= 0.6 is 0 Å². The lowest BCUT2D eigenvalue weighted by Crippen LogP contribution is -2.48. The minimum atomic E-state index is -5.52. The van der Waals surface area contributed by atoms with Crippen molar-refractivity contribution in [1.82, 2.24) is 20.3 Å². The lowest BCUT2D eigenvalue weighted by molar-refractivity contribution is -0.0436. The molecule has 0 aliphatic heterocycles. The molecule has 8 nitrogen and oxygen atoms in total. The molecule has 0 saturated heterocycles. The Morgan fingerprint density at radius 1 is 1.10 bits per heavy atom. The fourth-order valence-corrected chi connectivity index (χ4v) is 3.36. The third-order valence-corrected chi connectivity index (χ3v) is 5.66. The first kappa shape index (κ1) is 21.3. The number of nitrogens with zero attached hydrogens (tertiary/aromatic N) is 4. The minimum absolute atomic E-state index is 0.0928. The van der Waals surface area contributed by atoms with Gasteiger partial charge in [0.1, 0.15) is 16.6 Å². The molecule has 1 heterocycles. The summed E-state index contributed by atoms with van der Waals surface area (Å²) in [5.74, 6) is -0.772. The van der Waals surface area contributed by atoms with Gasteiger partial charge in [0.2, 0.25) is 0 Å². The van der Waals surface area contributed by atoms with Crippen LogP contribution in [0.15, 0.2) is 53.4 Å². The van der Waals surface area contributed by atoms with Gasteiger partial charge in [-0.1, -0.05) is 12.1 Å². The van der Waals surface area contributed by atoms with Gasteiger partial charge < -0.3 is 5.32 Å². The van der Waals surface area contributed by atoms with Crippen LogP contribution in [0.25, 0.3) is 11.0 Å². The van der Waals surface area contributed by atoms with E-state index in [2.05, 4.69) is 15.5 Å². The number of rotatable bonds is 5. The molecule has 1 N–H and O–H groups in total. The highest BCUT2D eigenvalue weighted by atomic mass is 32.2. The van der Waals surface area contributed by atoms with Crippen LogP contribution in [0, 0.1) is 11.3 Å². The minimum Gasteiger partial charge on any atom is -0.332 e. The Hall–Kier alpha value is -3.46. The highest BCUT2D eigenvalue weighted by molar-refractivity contribution is 7.92. The summed E-state index contributed by atoms with van der Waals surface area (Å²) in [6.07, 6.45) is 0. The van der Waals surface area contributed by atoms with Gasteiger partial charge in [0.25, 0.3) is 15.7 Å². The Kier molecular flexibility index (Phi) is 5.25. The Morgan fingerprint density at radius 3 is 2.10 bits per heavy atom. The third kappa shape index (κ3) is 4.11. The highest BCUT2D eigenvalue weighted by Gasteiger charge is 2.46. The van der Waals surface area contributed by atoms with Crippen LogP contribution < -0.4 is 5.32 Å². The maximum atomic E-state index is 12.6. The smallest absolute Gasteiger partial charge is 0.332 e. The lowest BCUT2D eigenvalue weighted by atomic mass is 10.0. The van der Waals surface area contributed by atoms with Gasteiger partial charge in [-0.2, -0.15) is 33.4 Å². The van der Waals surface area contributed by atoms with Crippen molar-refractivity contribution in [2.45, 2.75) is 29.4 Å². The number of sulfone groups is 1. The summed E-state index contributed by atoms with van der Waals surface area (Å²) in [4.78, 5) is 12.7. The number of halogens is 3. The Morgan fingerprint density at radius 2 is 1.63 bits per heavy atom. The summed E-state index contributed by atoms with van der Waals surface area (Å²) >= 11 is 0. The third-order valence-electron chi connectivity index (χ3n) is 4.15.